The smallest absolute Gasteiger partial charge is 0.212 e. The summed E-state index contributed by atoms with van der Waals surface area (Å²) in [5, 5.41) is 10.2. The third-order valence-electron chi connectivity index (χ3n) is 3.52. The summed E-state index contributed by atoms with van der Waals surface area (Å²) in [6.45, 7) is 4.19. The van der Waals surface area contributed by atoms with E-state index in [1.807, 2.05) is 12.1 Å². The topological polar surface area (TPSA) is 42.4 Å². The van der Waals surface area contributed by atoms with Gasteiger partial charge in [0.25, 0.3) is 0 Å². The van der Waals surface area contributed by atoms with Crippen LogP contribution in [-0.4, -0.2) is 23.3 Å². The lowest BCUT2D eigenvalue weighted by Crippen LogP contribution is -2.14. The fraction of sp³-hybridized carbons (Fsp3) is 0.353. The molecule has 0 saturated heterocycles. The number of pyridine rings is 1. The van der Waals surface area contributed by atoms with Crippen molar-refractivity contribution in [2.45, 2.75) is 32.8 Å². The molecule has 3 nitrogen and oxygen atoms in total. The Hall–Kier alpha value is -1.87. The molecule has 0 aliphatic rings. The minimum absolute atomic E-state index is 0.396. The molecule has 106 valence electrons. The van der Waals surface area contributed by atoms with Crippen LogP contribution in [-0.2, 0) is 12.8 Å². The van der Waals surface area contributed by atoms with E-state index in [1.165, 1.54) is 16.7 Å². The summed E-state index contributed by atoms with van der Waals surface area (Å²) in [5.74, 6) is 0.595. The van der Waals surface area contributed by atoms with Crippen LogP contribution in [0, 0.1) is 13.8 Å². The Balaban J connectivity index is 1.97. The lowest BCUT2D eigenvalue weighted by Gasteiger charge is -2.12. The third kappa shape index (κ3) is 3.81. The van der Waals surface area contributed by atoms with Crippen molar-refractivity contribution in [2.24, 2.45) is 0 Å². The van der Waals surface area contributed by atoms with Crippen LogP contribution >= 0.6 is 0 Å². The molecule has 0 amide bonds. The first-order valence-electron chi connectivity index (χ1n) is 6.81. The maximum Gasteiger partial charge on any atom is 0.212 e. The molecule has 2 aromatic rings. The number of methoxy groups -OCH3 is 1. The van der Waals surface area contributed by atoms with Gasteiger partial charge in [0, 0.05) is 18.7 Å². The van der Waals surface area contributed by atoms with Gasteiger partial charge in [-0.05, 0) is 42.5 Å². The number of hydrogen-bond acceptors (Lipinski definition) is 3. The van der Waals surface area contributed by atoms with Crippen molar-refractivity contribution < 1.29 is 9.84 Å². The molecule has 1 aromatic heterocycles. The van der Waals surface area contributed by atoms with Gasteiger partial charge in [-0.2, -0.15) is 0 Å². The Morgan fingerprint density at radius 3 is 2.35 bits per heavy atom. The van der Waals surface area contributed by atoms with Crippen LogP contribution in [0.2, 0.25) is 0 Å². The van der Waals surface area contributed by atoms with E-state index in [1.54, 1.807) is 13.3 Å². The Labute approximate surface area is 120 Å². The third-order valence-corrected chi connectivity index (χ3v) is 3.52. The Morgan fingerprint density at radius 1 is 1.05 bits per heavy atom. The highest BCUT2D eigenvalue weighted by Crippen LogP contribution is 2.14. The predicted molar refractivity (Wildman–Crippen MR) is 80.1 cm³/mol. The maximum absolute atomic E-state index is 10.2. The molecule has 0 bridgehead atoms. The quantitative estimate of drug-likeness (QED) is 0.909. The second-order valence-electron chi connectivity index (χ2n) is 5.19. The molecular weight excluding hydrogens is 250 g/mol. The molecule has 0 saturated carbocycles. The molecule has 2 rings (SSSR count). The lowest BCUT2D eigenvalue weighted by atomic mass is 9.99. The van der Waals surface area contributed by atoms with E-state index in [-0.39, 0.29) is 0 Å². The first kappa shape index (κ1) is 14.5. The monoisotopic (exact) mass is 271 g/mol. The summed E-state index contributed by atoms with van der Waals surface area (Å²) in [6.07, 6.45) is 2.62. The van der Waals surface area contributed by atoms with Crippen LogP contribution in [0.5, 0.6) is 5.88 Å². The number of aliphatic hydroxyl groups excluding tert-OH is 1. The van der Waals surface area contributed by atoms with Crippen molar-refractivity contribution in [1.82, 2.24) is 4.98 Å². The highest BCUT2D eigenvalue weighted by Gasteiger charge is 2.08. The maximum atomic E-state index is 10.2. The second kappa shape index (κ2) is 6.53. The van der Waals surface area contributed by atoms with Gasteiger partial charge in [0.1, 0.15) is 0 Å². The van der Waals surface area contributed by atoms with Crippen molar-refractivity contribution in [2.75, 3.05) is 7.11 Å². The molecule has 1 atom stereocenters. The number of aromatic nitrogens is 1. The van der Waals surface area contributed by atoms with E-state index in [0.717, 1.165) is 5.56 Å². The number of nitrogens with zero attached hydrogens (tertiary/aromatic N) is 1. The van der Waals surface area contributed by atoms with Gasteiger partial charge >= 0.3 is 0 Å². The first-order chi connectivity index (χ1) is 9.58. The van der Waals surface area contributed by atoms with Crippen LogP contribution in [0.25, 0.3) is 0 Å². The number of benzene rings is 1. The minimum atomic E-state index is -0.396. The van der Waals surface area contributed by atoms with Crippen molar-refractivity contribution in [1.29, 1.82) is 0 Å². The SMILES string of the molecule is COc1ccc(CC(O)Cc2ccc(C)c(C)c2)cn1. The van der Waals surface area contributed by atoms with Gasteiger partial charge in [0.15, 0.2) is 0 Å². The lowest BCUT2D eigenvalue weighted by molar-refractivity contribution is 0.175. The Morgan fingerprint density at radius 2 is 1.75 bits per heavy atom. The van der Waals surface area contributed by atoms with Crippen molar-refractivity contribution >= 4 is 0 Å². The molecule has 1 unspecified atom stereocenters. The highest BCUT2D eigenvalue weighted by molar-refractivity contribution is 5.30. The summed E-state index contributed by atoms with van der Waals surface area (Å²) in [6, 6.07) is 10.1. The summed E-state index contributed by atoms with van der Waals surface area (Å²) >= 11 is 0. The van der Waals surface area contributed by atoms with Gasteiger partial charge in [0.2, 0.25) is 5.88 Å². The predicted octanol–water partition coefficient (Wildman–Crippen LogP) is 2.85. The molecule has 0 spiro atoms. The van der Waals surface area contributed by atoms with Crippen LogP contribution in [0.4, 0.5) is 0 Å². The molecule has 20 heavy (non-hydrogen) atoms. The van der Waals surface area contributed by atoms with Gasteiger partial charge in [-0.1, -0.05) is 24.3 Å². The average Bonchev–Trinajstić information content (AvgIpc) is 2.44. The molecule has 0 aliphatic carbocycles. The zero-order chi connectivity index (χ0) is 14.5. The van der Waals surface area contributed by atoms with Crippen molar-refractivity contribution in [3.63, 3.8) is 0 Å². The van der Waals surface area contributed by atoms with Gasteiger partial charge in [-0.25, -0.2) is 4.98 Å². The van der Waals surface area contributed by atoms with E-state index < -0.39 is 6.10 Å². The molecule has 3 heteroatoms. The van der Waals surface area contributed by atoms with Crippen LogP contribution in [0.15, 0.2) is 36.5 Å². The van der Waals surface area contributed by atoms with E-state index in [0.29, 0.717) is 18.7 Å². The minimum Gasteiger partial charge on any atom is -0.481 e. The molecule has 0 aliphatic heterocycles. The van der Waals surface area contributed by atoms with Crippen molar-refractivity contribution in [3.8, 4) is 5.88 Å². The van der Waals surface area contributed by atoms with E-state index in [4.69, 9.17) is 4.74 Å². The molecule has 1 heterocycles. The summed E-state index contributed by atoms with van der Waals surface area (Å²) < 4.78 is 5.02. The molecule has 1 N–H and O–H groups in total. The normalized spacial score (nSPS) is 12.2. The van der Waals surface area contributed by atoms with E-state index in [2.05, 4.69) is 37.0 Å². The molecule has 0 radical (unpaired) electrons. The van der Waals surface area contributed by atoms with Gasteiger partial charge in [-0.15, -0.1) is 0 Å². The molecule has 1 aromatic carbocycles. The molecular formula is C17H21NO2. The van der Waals surface area contributed by atoms with E-state index in [9.17, 15) is 5.11 Å². The van der Waals surface area contributed by atoms with E-state index >= 15 is 0 Å². The number of hydrogen-bond donors (Lipinski definition) is 1. The van der Waals surface area contributed by atoms with Gasteiger partial charge < -0.3 is 9.84 Å². The zero-order valence-electron chi connectivity index (χ0n) is 12.3. The van der Waals surface area contributed by atoms with Crippen LogP contribution < -0.4 is 4.74 Å². The van der Waals surface area contributed by atoms with Crippen LogP contribution in [0.1, 0.15) is 22.3 Å². The summed E-state index contributed by atoms with van der Waals surface area (Å²) in [5.41, 5.74) is 4.73. The standard InChI is InChI=1S/C17H21NO2/c1-12-4-5-14(8-13(12)2)9-16(19)10-15-6-7-17(20-3)18-11-15/h4-8,11,16,19H,9-10H2,1-3H3. The average molecular weight is 271 g/mol. The van der Waals surface area contributed by atoms with Gasteiger partial charge in [0.05, 0.1) is 13.2 Å². The molecule has 0 fully saturated rings. The number of aryl methyl sites for hydroxylation is 2. The van der Waals surface area contributed by atoms with Crippen LogP contribution in [0.3, 0.4) is 0 Å². The summed E-state index contributed by atoms with van der Waals surface area (Å²) in [7, 11) is 1.59. The Kier molecular flexibility index (Phi) is 4.74. The first-order valence-corrected chi connectivity index (χ1v) is 6.81. The zero-order valence-corrected chi connectivity index (χ0v) is 12.3. The number of ether oxygens (including phenoxy) is 1. The fourth-order valence-electron chi connectivity index (χ4n) is 2.20. The second-order valence-corrected chi connectivity index (χ2v) is 5.19. The Bertz CT molecular complexity index is 564. The summed E-state index contributed by atoms with van der Waals surface area (Å²) in [4.78, 5) is 4.15. The number of rotatable bonds is 5. The largest absolute Gasteiger partial charge is 0.481 e. The van der Waals surface area contributed by atoms with Gasteiger partial charge in [-0.3, -0.25) is 0 Å². The highest BCUT2D eigenvalue weighted by atomic mass is 16.5. The number of aliphatic hydroxyl groups is 1. The van der Waals surface area contributed by atoms with Crippen molar-refractivity contribution in [3.05, 3.63) is 58.8 Å². The fourth-order valence-corrected chi connectivity index (χ4v) is 2.20.